The highest BCUT2D eigenvalue weighted by Gasteiger charge is 2.07. The first-order valence-corrected chi connectivity index (χ1v) is 4.53. The third kappa shape index (κ3) is 2.13. The second-order valence-electron chi connectivity index (χ2n) is 2.68. The van der Waals surface area contributed by atoms with Gasteiger partial charge in [0.1, 0.15) is 0 Å². The third-order valence-corrected chi connectivity index (χ3v) is 2.44. The molecule has 0 radical (unpaired) electrons. The summed E-state index contributed by atoms with van der Waals surface area (Å²) in [4.78, 5) is 0. The molecule has 0 heterocycles. The van der Waals surface area contributed by atoms with Gasteiger partial charge in [0.15, 0.2) is 0 Å². The van der Waals surface area contributed by atoms with E-state index in [0.717, 1.165) is 15.6 Å². The second kappa shape index (κ2) is 4.13. The lowest BCUT2D eigenvalue weighted by atomic mass is 10.1. The van der Waals surface area contributed by atoms with E-state index in [1.807, 2.05) is 26.1 Å². The predicted octanol–water partition coefficient (Wildman–Crippen LogP) is 3.27. The number of benzene rings is 1. The summed E-state index contributed by atoms with van der Waals surface area (Å²) in [6.45, 7) is 2.04. The number of hydrogen-bond acceptors (Lipinski definition) is 1. The van der Waals surface area contributed by atoms with Crippen LogP contribution >= 0.6 is 23.2 Å². The Hall–Kier alpha value is -0.240. The van der Waals surface area contributed by atoms with Gasteiger partial charge in [0.25, 0.3) is 0 Å². The molecule has 0 saturated heterocycles. The Balaban J connectivity index is 3.04. The van der Waals surface area contributed by atoms with Crippen molar-refractivity contribution in [3.05, 3.63) is 33.8 Å². The van der Waals surface area contributed by atoms with Crippen molar-refractivity contribution < 1.29 is 0 Å². The molecule has 0 aliphatic rings. The van der Waals surface area contributed by atoms with Gasteiger partial charge in [-0.25, -0.2) is 0 Å². The van der Waals surface area contributed by atoms with Crippen molar-refractivity contribution in [2.75, 3.05) is 7.05 Å². The lowest BCUT2D eigenvalue weighted by molar-refractivity contribution is 0.652. The van der Waals surface area contributed by atoms with Gasteiger partial charge < -0.3 is 5.32 Å². The topological polar surface area (TPSA) is 12.0 Å². The van der Waals surface area contributed by atoms with Crippen molar-refractivity contribution in [3.63, 3.8) is 0 Å². The lowest BCUT2D eigenvalue weighted by Gasteiger charge is -2.12. The highest BCUT2D eigenvalue weighted by Crippen LogP contribution is 2.25. The molecule has 0 aliphatic carbocycles. The van der Waals surface area contributed by atoms with E-state index in [-0.39, 0.29) is 6.04 Å². The molecule has 1 nitrogen and oxygen atoms in total. The first-order chi connectivity index (χ1) is 5.65. The van der Waals surface area contributed by atoms with Crippen LogP contribution in [0.4, 0.5) is 0 Å². The van der Waals surface area contributed by atoms with Crippen LogP contribution in [-0.4, -0.2) is 7.05 Å². The predicted molar refractivity (Wildman–Crippen MR) is 53.9 cm³/mol. The maximum atomic E-state index is 5.97. The number of hydrogen-bond donors (Lipinski definition) is 1. The molecular weight excluding hydrogens is 193 g/mol. The van der Waals surface area contributed by atoms with Gasteiger partial charge in [0.2, 0.25) is 0 Å². The molecular formula is C9H11Cl2N. The van der Waals surface area contributed by atoms with Crippen molar-refractivity contribution in [1.82, 2.24) is 5.32 Å². The number of rotatable bonds is 2. The molecule has 0 aliphatic heterocycles. The zero-order valence-electron chi connectivity index (χ0n) is 7.07. The molecule has 1 rings (SSSR count). The molecule has 3 heteroatoms. The van der Waals surface area contributed by atoms with Crippen LogP contribution in [0.5, 0.6) is 0 Å². The standard InChI is InChI=1S/C9H11Cl2N/c1-6(12-2)8-5-7(10)3-4-9(8)11/h3-6,12H,1-2H3/t6-/m1/s1. The average molecular weight is 204 g/mol. The van der Waals surface area contributed by atoms with Gasteiger partial charge in [-0.2, -0.15) is 0 Å². The summed E-state index contributed by atoms with van der Waals surface area (Å²) in [6.07, 6.45) is 0. The normalized spacial score (nSPS) is 13.0. The Morgan fingerprint density at radius 2 is 2.00 bits per heavy atom. The van der Waals surface area contributed by atoms with Crippen molar-refractivity contribution in [3.8, 4) is 0 Å². The lowest BCUT2D eigenvalue weighted by Crippen LogP contribution is -2.12. The van der Waals surface area contributed by atoms with Crippen LogP contribution in [0.25, 0.3) is 0 Å². The number of nitrogens with one attached hydrogen (secondary N) is 1. The maximum absolute atomic E-state index is 5.97. The van der Waals surface area contributed by atoms with E-state index >= 15 is 0 Å². The summed E-state index contributed by atoms with van der Waals surface area (Å²) in [7, 11) is 1.89. The molecule has 0 bridgehead atoms. The smallest absolute Gasteiger partial charge is 0.0454 e. The molecule has 0 fully saturated rings. The fourth-order valence-corrected chi connectivity index (χ4v) is 1.46. The summed E-state index contributed by atoms with van der Waals surface area (Å²) < 4.78 is 0. The highest BCUT2D eigenvalue weighted by molar-refractivity contribution is 6.33. The molecule has 0 unspecified atom stereocenters. The van der Waals surface area contributed by atoms with Crippen LogP contribution in [0.3, 0.4) is 0 Å². The Morgan fingerprint density at radius 1 is 1.33 bits per heavy atom. The van der Waals surface area contributed by atoms with Crippen LogP contribution < -0.4 is 5.32 Å². The fraction of sp³-hybridized carbons (Fsp3) is 0.333. The Morgan fingerprint density at radius 3 is 2.58 bits per heavy atom. The quantitative estimate of drug-likeness (QED) is 0.779. The fourth-order valence-electron chi connectivity index (χ4n) is 1.00. The van der Waals surface area contributed by atoms with Crippen LogP contribution in [0.1, 0.15) is 18.5 Å². The van der Waals surface area contributed by atoms with E-state index < -0.39 is 0 Å². The average Bonchev–Trinajstić information content (AvgIpc) is 2.08. The minimum absolute atomic E-state index is 0.233. The molecule has 1 N–H and O–H groups in total. The van der Waals surface area contributed by atoms with E-state index in [1.165, 1.54) is 0 Å². The molecule has 1 atom stereocenters. The third-order valence-electron chi connectivity index (χ3n) is 1.86. The molecule has 1 aromatic carbocycles. The monoisotopic (exact) mass is 203 g/mol. The van der Waals surface area contributed by atoms with E-state index in [9.17, 15) is 0 Å². The Bertz CT molecular complexity index is 273. The van der Waals surface area contributed by atoms with Crippen molar-refractivity contribution in [2.24, 2.45) is 0 Å². The molecule has 0 saturated carbocycles. The first-order valence-electron chi connectivity index (χ1n) is 3.77. The highest BCUT2D eigenvalue weighted by atomic mass is 35.5. The minimum Gasteiger partial charge on any atom is -0.313 e. The molecule has 66 valence electrons. The van der Waals surface area contributed by atoms with E-state index in [2.05, 4.69) is 5.32 Å². The van der Waals surface area contributed by atoms with Crippen molar-refractivity contribution >= 4 is 23.2 Å². The van der Waals surface area contributed by atoms with Crippen molar-refractivity contribution in [1.29, 1.82) is 0 Å². The summed E-state index contributed by atoms with van der Waals surface area (Å²) in [5.41, 5.74) is 1.03. The SMILES string of the molecule is CN[C@H](C)c1cc(Cl)ccc1Cl. The number of halogens is 2. The molecule has 1 aromatic rings. The van der Waals surface area contributed by atoms with Crippen LogP contribution in [0, 0.1) is 0 Å². The Kier molecular flexibility index (Phi) is 3.39. The molecule has 0 spiro atoms. The van der Waals surface area contributed by atoms with Gasteiger partial charge in [0.05, 0.1) is 0 Å². The van der Waals surface area contributed by atoms with Gasteiger partial charge >= 0.3 is 0 Å². The van der Waals surface area contributed by atoms with Crippen LogP contribution in [-0.2, 0) is 0 Å². The molecule has 0 amide bonds. The largest absolute Gasteiger partial charge is 0.313 e. The van der Waals surface area contributed by atoms with Gasteiger partial charge in [-0.1, -0.05) is 23.2 Å². The summed E-state index contributed by atoms with van der Waals surface area (Å²) in [5.74, 6) is 0. The summed E-state index contributed by atoms with van der Waals surface area (Å²) in [6, 6.07) is 5.71. The van der Waals surface area contributed by atoms with E-state index in [1.54, 1.807) is 6.07 Å². The molecule has 12 heavy (non-hydrogen) atoms. The van der Waals surface area contributed by atoms with Crippen LogP contribution in [0.2, 0.25) is 10.0 Å². The minimum atomic E-state index is 0.233. The summed E-state index contributed by atoms with van der Waals surface area (Å²) in [5, 5.41) is 4.58. The Labute approximate surface area is 82.7 Å². The van der Waals surface area contributed by atoms with Gasteiger partial charge in [-0.05, 0) is 37.7 Å². The van der Waals surface area contributed by atoms with E-state index in [0.29, 0.717) is 0 Å². The van der Waals surface area contributed by atoms with Gasteiger partial charge in [-0.15, -0.1) is 0 Å². The zero-order chi connectivity index (χ0) is 9.14. The van der Waals surface area contributed by atoms with Crippen LogP contribution in [0.15, 0.2) is 18.2 Å². The second-order valence-corrected chi connectivity index (χ2v) is 3.52. The molecule has 0 aromatic heterocycles. The maximum Gasteiger partial charge on any atom is 0.0454 e. The van der Waals surface area contributed by atoms with Gasteiger partial charge in [-0.3, -0.25) is 0 Å². The van der Waals surface area contributed by atoms with Crippen molar-refractivity contribution in [2.45, 2.75) is 13.0 Å². The summed E-state index contributed by atoms with van der Waals surface area (Å²) >= 11 is 11.8. The van der Waals surface area contributed by atoms with Gasteiger partial charge in [0, 0.05) is 16.1 Å². The first kappa shape index (κ1) is 9.85. The zero-order valence-corrected chi connectivity index (χ0v) is 8.58. The van der Waals surface area contributed by atoms with E-state index in [4.69, 9.17) is 23.2 Å².